The van der Waals surface area contributed by atoms with E-state index >= 15 is 0 Å². The molecular weight excluding hydrogens is 291 g/mol. The Kier molecular flexibility index (Phi) is 3.98. The third-order valence-corrected chi connectivity index (χ3v) is 4.31. The first-order valence-corrected chi connectivity index (χ1v) is 7.83. The summed E-state index contributed by atoms with van der Waals surface area (Å²) in [5, 5.41) is 4.92. The van der Waals surface area contributed by atoms with E-state index < -0.39 is 0 Å². The number of nitrogens with two attached hydrogens (primary N) is 1. The van der Waals surface area contributed by atoms with E-state index in [9.17, 15) is 4.79 Å². The standard InChI is InChI=1S/C17H15BN2OS/c18-13-4-1-3-12(9-13)17(21)20-15-10-11(6-7-14(15)19)16-5-2-8-22-16/h1-10H,18-19H2,(H,20,21). The van der Waals surface area contributed by atoms with Crippen molar-refractivity contribution in [2.24, 2.45) is 0 Å². The Morgan fingerprint density at radius 2 is 1.95 bits per heavy atom. The van der Waals surface area contributed by atoms with Crippen molar-refractivity contribution in [1.29, 1.82) is 0 Å². The highest BCUT2D eigenvalue weighted by atomic mass is 32.1. The van der Waals surface area contributed by atoms with Gasteiger partial charge in [0, 0.05) is 10.4 Å². The Labute approximate surface area is 134 Å². The molecule has 3 rings (SSSR count). The molecule has 0 aliphatic heterocycles. The number of hydrogen-bond donors (Lipinski definition) is 2. The van der Waals surface area contributed by atoms with Gasteiger partial charge in [0.1, 0.15) is 7.85 Å². The van der Waals surface area contributed by atoms with Gasteiger partial charge in [-0.25, -0.2) is 0 Å². The summed E-state index contributed by atoms with van der Waals surface area (Å²) >= 11 is 1.65. The van der Waals surface area contributed by atoms with Gasteiger partial charge in [-0.1, -0.05) is 35.8 Å². The molecule has 3 nitrogen and oxygen atoms in total. The summed E-state index contributed by atoms with van der Waals surface area (Å²) in [6, 6.07) is 17.2. The minimum Gasteiger partial charge on any atom is -0.397 e. The van der Waals surface area contributed by atoms with E-state index in [1.54, 1.807) is 17.4 Å². The molecular formula is C17H15BN2OS. The van der Waals surface area contributed by atoms with Gasteiger partial charge in [0.25, 0.3) is 5.91 Å². The zero-order chi connectivity index (χ0) is 15.5. The molecule has 1 aromatic heterocycles. The predicted molar refractivity (Wildman–Crippen MR) is 96.7 cm³/mol. The summed E-state index contributed by atoms with van der Waals surface area (Å²) in [5.41, 5.74) is 9.90. The fourth-order valence-electron chi connectivity index (χ4n) is 2.24. The van der Waals surface area contributed by atoms with Crippen LogP contribution in [0.5, 0.6) is 0 Å². The van der Waals surface area contributed by atoms with Gasteiger partial charge < -0.3 is 11.1 Å². The normalized spacial score (nSPS) is 10.4. The van der Waals surface area contributed by atoms with Crippen LogP contribution >= 0.6 is 11.3 Å². The van der Waals surface area contributed by atoms with Crippen LogP contribution in [0.1, 0.15) is 10.4 Å². The number of carbonyl (C=O) groups is 1. The zero-order valence-electron chi connectivity index (χ0n) is 12.2. The highest BCUT2D eigenvalue weighted by Gasteiger charge is 2.10. The average molecular weight is 306 g/mol. The maximum atomic E-state index is 12.4. The van der Waals surface area contributed by atoms with Crippen molar-refractivity contribution in [3.8, 4) is 10.4 Å². The van der Waals surface area contributed by atoms with E-state index in [2.05, 4.69) is 5.32 Å². The lowest BCUT2D eigenvalue weighted by Gasteiger charge is -2.10. The molecule has 0 atom stereocenters. The highest BCUT2D eigenvalue weighted by Crippen LogP contribution is 2.30. The van der Waals surface area contributed by atoms with E-state index in [0.29, 0.717) is 16.9 Å². The zero-order valence-corrected chi connectivity index (χ0v) is 13.0. The molecule has 0 spiro atoms. The maximum Gasteiger partial charge on any atom is 0.255 e. The molecule has 108 valence electrons. The lowest BCUT2D eigenvalue weighted by molar-refractivity contribution is 0.102. The molecule has 0 aliphatic rings. The van der Waals surface area contributed by atoms with E-state index in [-0.39, 0.29) is 5.91 Å². The van der Waals surface area contributed by atoms with Gasteiger partial charge in [0.2, 0.25) is 0 Å². The van der Waals surface area contributed by atoms with Crippen LogP contribution in [-0.2, 0) is 0 Å². The van der Waals surface area contributed by atoms with Crippen molar-refractivity contribution in [3.63, 3.8) is 0 Å². The Morgan fingerprint density at radius 3 is 2.68 bits per heavy atom. The molecule has 0 saturated heterocycles. The van der Waals surface area contributed by atoms with Gasteiger partial charge in [-0.2, -0.15) is 0 Å². The number of anilines is 2. The number of rotatable bonds is 3. The minimum absolute atomic E-state index is 0.154. The third-order valence-electron chi connectivity index (χ3n) is 3.39. The fraction of sp³-hybridized carbons (Fsp3) is 0. The molecule has 1 heterocycles. The lowest BCUT2D eigenvalue weighted by atomic mass is 9.94. The van der Waals surface area contributed by atoms with E-state index in [1.807, 2.05) is 61.8 Å². The van der Waals surface area contributed by atoms with Crippen LogP contribution in [0, 0.1) is 0 Å². The summed E-state index contributed by atoms with van der Waals surface area (Å²) in [6.45, 7) is 0. The molecule has 2 aromatic carbocycles. The minimum atomic E-state index is -0.154. The quantitative estimate of drug-likeness (QED) is 0.577. The molecule has 22 heavy (non-hydrogen) atoms. The van der Waals surface area contributed by atoms with Crippen molar-refractivity contribution in [1.82, 2.24) is 0 Å². The summed E-state index contributed by atoms with van der Waals surface area (Å²) in [6.07, 6.45) is 0. The van der Waals surface area contributed by atoms with Crippen molar-refractivity contribution in [3.05, 3.63) is 65.5 Å². The van der Waals surface area contributed by atoms with Gasteiger partial charge in [-0.15, -0.1) is 11.3 Å². The lowest BCUT2D eigenvalue weighted by Crippen LogP contribution is -2.15. The first kappa shape index (κ1) is 14.4. The molecule has 0 fully saturated rings. The maximum absolute atomic E-state index is 12.4. The summed E-state index contributed by atoms with van der Waals surface area (Å²) in [4.78, 5) is 13.5. The largest absolute Gasteiger partial charge is 0.397 e. The number of hydrogen-bond acceptors (Lipinski definition) is 3. The Hall–Kier alpha value is -2.53. The van der Waals surface area contributed by atoms with Crippen LogP contribution in [0.3, 0.4) is 0 Å². The van der Waals surface area contributed by atoms with Gasteiger partial charge in [-0.05, 0) is 35.2 Å². The van der Waals surface area contributed by atoms with Crippen LogP contribution < -0.4 is 16.5 Å². The van der Waals surface area contributed by atoms with Crippen LogP contribution in [0.2, 0.25) is 0 Å². The van der Waals surface area contributed by atoms with Gasteiger partial charge in [0.15, 0.2) is 0 Å². The number of nitrogens with one attached hydrogen (secondary N) is 1. The van der Waals surface area contributed by atoms with Crippen molar-refractivity contribution >= 4 is 41.9 Å². The van der Waals surface area contributed by atoms with Crippen molar-refractivity contribution in [2.75, 3.05) is 11.1 Å². The smallest absolute Gasteiger partial charge is 0.255 e. The van der Waals surface area contributed by atoms with Gasteiger partial charge in [-0.3, -0.25) is 4.79 Å². The summed E-state index contributed by atoms with van der Waals surface area (Å²) < 4.78 is 0. The van der Waals surface area contributed by atoms with Crippen molar-refractivity contribution < 1.29 is 4.79 Å². The Morgan fingerprint density at radius 1 is 1.09 bits per heavy atom. The SMILES string of the molecule is Bc1cccc(C(=O)Nc2cc(-c3cccs3)ccc2N)c1. The van der Waals surface area contributed by atoms with E-state index in [4.69, 9.17) is 5.73 Å². The predicted octanol–water partition coefficient (Wildman–Crippen LogP) is 2.51. The van der Waals surface area contributed by atoms with Crippen molar-refractivity contribution in [2.45, 2.75) is 0 Å². The average Bonchev–Trinajstić information content (AvgIpc) is 3.04. The highest BCUT2D eigenvalue weighted by molar-refractivity contribution is 7.13. The molecule has 0 bridgehead atoms. The molecule has 0 radical (unpaired) electrons. The second-order valence-corrected chi connectivity index (χ2v) is 6.05. The number of thiophene rings is 1. The number of carbonyl (C=O) groups excluding carboxylic acids is 1. The van der Waals surface area contributed by atoms with Gasteiger partial charge >= 0.3 is 0 Å². The molecule has 0 saturated carbocycles. The second-order valence-electron chi connectivity index (χ2n) is 5.10. The molecule has 3 aromatic rings. The Bertz CT molecular complexity index is 815. The van der Waals surface area contributed by atoms with Crippen LogP contribution in [0.25, 0.3) is 10.4 Å². The van der Waals surface area contributed by atoms with Crippen LogP contribution in [-0.4, -0.2) is 13.8 Å². The first-order chi connectivity index (χ1) is 10.6. The topological polar surface area (TPSA) is 55.1 Å². The molecule has 0 aliphatic carbocycles. The summed E-state index contributed by atoms with van der Waals surface area (Å²) in [5.74, 6) is -0.154. The molecule has 0 unspecified atom stereocenters. The summed E-state index contributed by atoms with van der Waals surface area (Å²) in [7, 11) is 1.96. The van der Waals surface area contributed by atoms with E-state index in [0.717, 1.165) is 15.9 Å². The molecule has 3 N–H and O–H groups in total. The van der Waals surface area contributed by atoms with Crippen LogP contribution in [0.15, 0.2) is 60.0 Å². The third kappa shape index (κ3) is 3.04. The van der Waals surface area contributed by atoms with Crippen LogP contribution in [0.4, 0.5) is 11.4 Å². The molecule has 5 heteroatoms. The van der Waals surface area contributed by atoms with E-state index in [1.165, 1.54) is 0 Å². The Balaban J connectivity index is 1.88. The monoisotopic (exact) mass is 306 g/mol. The number of nitrogen functional groups attached to an aromatic ring is 1. The fourth-order valence-corrected chi connectivity index (χ4v) is 2.97. The first-order valence-electron chi connectivity index (χ1n) is 6.95. The number of amides is 1. The molecule has 1 amide bonds. The van der Waals surface area contributed by atoms with Gasteiger partial charge in [0.05, 0.1) is 11.4 Å². The second kappa shape index (κ2) is 6.07. The number of benzene rings is 2.